The number of hydrogen-bond acceptors (Lipinski definition) is 4. The summed E-state index contributed by atoms with van der Waals surface area (Å²) in [5, 5.41) is 0. The van der Waals surface area contributed by atoms with Crippen LogP contribution in [0.4, 0.5) is 5.69 Å². The first-order chi connectivity index (χ1) is 12.4. The van der Waals surface area contributed by atoms with Crippen molar-refractivity contribution >= 4 is 21.6 Å². The number of carbonyl (C=O) groups is 1. The summed E-state index contributed by atoms with van der Waals surface area (Å²) in [6.07, 6.45) is 6.01. The van der Waals surface area contributed by atoms with Gasteiger partial charge in [-0.1, -0.05) is 0 Å². The summed E-state index contributed by atoms with van der Waals surface area (Å²) in [4.78, 5) is 16.3. The molecule has 7 heteroatoms. The number of sulfonamides is 1. The molecule has 4 rings (SSSR count). The second-order valence-corrected chi connectivity index (χ2v) is 9.44. The zero-order chi connectivity index (χ0) is 18.3. The fraction of sp³-hybridized carbons (Fsp3) is 0.632. The maximum Gasteiger partial charge on any atom is 0.240 e. The molecule has 3 aliphatic rings. The van der Waals surface area contributed by atoms with Crippen LogP contribution in [0.15, 0.2) is 23.1 Å². The Morgan fingerprint density at radius 2 is 1.85 bits per heavy atom. The van der Waals surface area contributed by atoms with Gasteiger partial charge in [-0.15, -0.1) is 0 Å². The Morgan fingerprint density at radius 3 is 2.50 bits per heavy atom. The van der Waals surface area contributed by atoms with Crippen LogP contribution in [0.3, 0.4) is 0 Å². The van der Waals surface area contributed by atoms with E-state index < -0.39 is 10.0 Å². The minimum absolute atomic E-state index is 0.00195. The number of nitrogens with zero attached hydrogens (tertiary/aromatic N) is 2. The minimum atomic E-state index is -3.53. The van der Waals surface area contributed by atoms with Gasteiger partial charge in [-0.25, -0.2) is 13.1 Å². The van der Waals surface area contributed by atoms with E-state index >= 15 is 0 Å². The summed E-state index contributed by atoms with van der Waals surface area (Å²) in [5.41, 5.74) is 1.79. The summed E-state index contributed by atoms with van der Waals surface area (Å²) < 4.78 is 28.5. The van der Waals surface area contributed by atoms with Gasteiger partial charge in [0.2, 0.25) is 15.9 Å². The zero-order valence-electron chi connectivity index (χ0n) is 15.3. The Bertz CT molecular complexity index is 796. The van der Waals surface area contributed by atoms with E-state index in [9.17, 15) is 13.2 Å². The molecule has 1 saturated carbocycles. The number of fused-ring (bicyclic) bond motifs is 1. The molecule has 1 aromatic rings. The highest BCUT2D eigenvalue weighted by Gasteiger charge is 2.33. The minimum Gasteiger partial charge on any atom is -0.312 e. The molecule has 1 saturated heterocycles. The van der Waals surface area contributed by atoms with Crippen molar-refractivity contribution in [2.24, 2.45) is 0 Å². The van der Waals surface area contributed by atoms with E-state index in [1.165, 1.54) is 12.8 Å². The summed E-state index contributed by atoms with van der Waals surface area (Å²) >= 11 is 0. The van der Waals surface area contributed by atoms with Crippen LogP contribution in [-0.2, 0) is 21.2 Å². The Balaban J connectivity index is 1.47. The van der Waals surface area contributed by atoms with Crippen molar-refractivity contribution in [3.63, 3.8) is 0 Å². The second kappa shape index (κ2) is 6.94. The van der Waals surface area contributed by atoms with E-state index in [0.717, 1.165) is 56.1 Å². The number of benzene rings is 1. The summed E-state index contributed by atoms with van der Waals surface area (Å²) in [6.45, 7) is 4.22. The summed E-state index contributed by atoms with van der Waals surface area (Å²) in [5.74, 6) is 0.00195. The molecular weight excluding hydrogens is 350 g/mol. The number of anilines is 1. The lowest BCUT2D eigenvalue weighted by Crippen LogP contribution is -2.45. The molecule has 1 N–H and O–H groups in total. The number of nitrogens with one attached hydrogen (secondary N) is 1. The number of likely N-dealkylation sites (tertiary alicyclic amines) is 1. The van der Waals surface area contributed by atoms with E-state index in [4.69, 9.17) is 0 Å². The van der Waals surface area contributed by atoms with Gasteiger partial charge in [-0.2, -0.15) is 0 Å². The molecular formula is C19H27N3O3S. The quantitative estimate of drug-likeness (QED) is 0.870. The SMILES string of the molecule is CC(=O)N1CCCc2cc(S(=O)(=O)NC3CCN(C4CC4)CC3)ccc21. The van der Waals surface area contributed by atoms with Crippen LogP contribution in [0.2, 0.25) is 0 Å². The van der Waals surface area contributed by atoms with Gasteiger partial charge in [0, 0.05) is 31.2 Å². The predicted molar refractivity (Wildman–Crippen MR) is 101 cm³/mol. The monoisotopic (exact) mass is 377 g/mol. The van der Waals surface area contributed by atoms with Gasteiger partial charge in [0.05, 0.1) is 4.90 Å². The van der Waals surface area contributed by atoms with Crippen molar-refractivity contribution in [3.05, 3.63) is 23.8 Å². The van der Waals surface area contributed by atoms with Crippen LogP contribution in [0.25, 0.3) is 0 Å². The molecule has 1 aromatic carbocycles. The van der Waals surface area contributed by atoms with Crippen molar-refractivity contribution in [3.8, 4) is 0 Å². The van der Waals surface area contributed by atoms with Crippen LogP contribution in [-0.4, -0.2) is 50.9 Å². The first-order valence-corrected chi connectivity index (χ1v) is 11.1. The van der Waals surface area contributed by atoms with Gasteiger partial charge < -0.3 is 9.80 Å². The lowest BCUT2D eigenvalue weighted by atomic mass is 10.0. The fourth-order valence-electron chi connectivity index (χ4n) is 4.18. The number of carbonyl (C=O) groups excluding carboxylic acids is 1. The van der Waals surface area contributed by atoms with E-state index in [1.54, 1.807) is 30.0 Å². The predicted octanol–water partition coefficient (Wildman–Crippen LogP) is 1.89. The highest BCUT2D eigenvalue weighted by Crippen LogP contribution is 2.31. The Kier molecular flexibility index (Phi) is 4.79. The molecule has 0 atom stereocenters. The van der Waals surface area contributed by atoms with Crippen LogP contribution in [0.1, 0.15) is 44.6 Å². The Morgan fingerprint density at radius 1 is 1.12 bits per heavy atom. The highest BCUT2D eigenvalue weighted by molar-refractivity contribution is 7.89. The molecule has 26 heavy (non-hydrogen) atoms. The molecule has 2 heterocycles. The standard InChI is InChI=1S/C19H27N3O3S/c1-14(23)22-10-2-3-15-13-18(6-7-19(15)22)26(24,25)20-16-8-11-21(12-9-16)17-4-5-17/h6-7,13,16-17,20H,2-5,8-12H2,1H3. The molecule has 0 spiro atoms. The van der Waals surface area contributed by atoms with Gasteiger partial charge in [-0.3, -0.25) is 4.79 Å². The van der Waals surface area contributed by atoms with E-state index in [-0.39, 0.29) is 11.9 Å². The van der Waals surface area contributed by atoms with E-state index in [1.807, 2.05) is 0 Å². The third-order valence-electron chi connectivity index (χ3n) is 5.77. The molecule has 0 radical (unpaired) electrons. The summed E-state index contributed by atoms with van der Waals surface area (Å²) in [7, 11) is -3.53. The number of amides is 1. The molecule has 0 aromatic heterocycles. The van der Waals surface area contributed by atoms with Crippen molar-refractivity contribution in [1.29, 1.82) is 0 Å². The van der Waals surface area contributed by atoms with Crippen LogP contribution < -0.4 is 9.62 Å². The fourth-order valence-corrected chi connectivity index (χ4v) is 5.53. The lowest BCUT2D eigenvalue weighted by molar-refractivity contribution is -0.116. The van der Waals surface area contributed by atoms with Crippen LogP contribution >= 0.6 is 0 Å². The molecule has 6 nitrogen and oxygen atoms in total. The molecule has 1 aliphatic carbocycles. The average molecular weight is 378 g/mol. The third-order valence-corrected chi connectivity index (χ3v) is 7.29. The second-order valence-electron chi connectivity index (χ2n) is 7.73. The van der Waals surface area contributed by atoms with Gasteiger partial charge in [0.25, 0.3) is 0 Å². The van der Waals surface area contributed by atoms with E-state index in [0.29, 0.717) is 11.4 Å². The van der Waals surface area contributed by atoms with Gasteiger partial charge >= 0.3 is 0 Å². The van der Waals surface area contributed by atoms with Crippen molar-refractivity contribution in [2.75, 3.05) is 24.5 Å². The van der Waals surface area contributed by atoms with Crippen molar-refractivity contribution in [1.82, 2.24) is 9.62 Å². The topological polar surface area (TPSA) is 69.7 Å². The molecule has 2 aliphatic heterocycles. The van der Waals surface area contributed by atoms with Gasteiger partial charge in [0.1, 0.15) is 0 Å². The number of piperidine rings is 1. The number of hydrogen-bond donors (Lipinski definition) is 1. The average Bonchev–Trinajstić information content (AvgIpc) is 3.46. The first-order valence-electron chi connectivity index (χ1n) is 9.61. The van der Waals surface area contributed by atoms with Crippen molar-refractivity contribution in [2.45, 2.75) is 62.4 Å². The number of aryl methyl sites for hydroxylation is 1. The summed E-state index contributed by atoms with van der Waals surface area (Å²) in [6, 6.07) is 5.91. The molecule has 2 fully saturated rings. The molecule has 142 valence electrons. The zero-order valence-corrected chi connectivity index (χ0v) is 16.1. The highest BCUT2D eigenvalue weighted by atomic mass is 32.2. The molecule has 0 bridgehead atoms. The Labute approximate surface area is 155 Å². The third kappa shape index (κ3) is 3.66. The molecule has 0 unspecified atom stereocenters. The number of rotatable bonds is 4. The van der Waals surface area contributed by atoms with E-state index in [2.05, 4.69) is 9.62 Å². The molecule has 1 amide bonds. The largest absolute Gasteiger partial charge is 0.312 e. The lowest BCUT2D eigenvalue weighted by Gasteiger charge is -2.32. The normalized spacial score (nSPS) is 22.3. The first kappa shape index (κ1) is 17.9. The van der Waals surface area contributed by atoms with Crippen molar-refractivity contribution < 1.29 is 13.2 Å². The Hall–Kier alpha value is -1.44. The smallest absolute Gasteiger partial charge is 0.240 e. The maximum absolute atomic E-state index is 12.8. The maximum atomic E-state index is 12.8. The van der Waals surface area contributed by atoms with Gasteiger partial charge in [-0.05, 0) is 75.4 Å². The van der Waals surface area contributed by atoms with Crippen LogP contribution in [0, 0.1) is 0 Å². The van der Waals surface area contributed by atoms with Gasteiger partial charge in [0.15, 0.2) is 0 Å². The van der Waals surface area contributed by atoms with Crippen LogP contribution in [0.5, 0.6) is 0 Å².